The van der Waals surface area contributed by atoms with Crippen LogP contribution in [0, 0.1) is 5.41 Å². The molecule has 1 aromatic carbocycles. The smallest absolute Gasteiger partial charge is 0.225 e. The Morgan fingerprint density at radius 2 is 1.74 bits per heavy atom. The van der Waals surface area contributed by atoms with E-state index in [-0.39, 0.29) is 16.8 Å². The first-order valence-electron chi connectivity index (χ1n) is 6.13. The number of nitrogens with one attached hydrogen (secondary N) is 1. The molecule has 19 heavy (non-hydrogen) atoms. The van der Waals surface area contributed by atoms with Gasteiger partial charge in [-0.15, -0.1) is 0 Å². The van der Waals surface area contributed by atoms with Crippen LogP contribution in [0.3, 0.4) is 0 Å². The van der Waals surface area contributed by atoms with E-state index in [1.54, 1.807) is 31.2 Å². The monoisotopic (exact) mass is 283 g/mol. The first kappa shape index (κ1) is 15.7. The van der Waals surface area contributed by atoms with Gasteiger partial charge in [0.25, 0.3) is 0 Å². The summed E-state index contributed by atoms with van der Waals surface area (Å²) in [5.41, 5.74) is 0.108. The average Bonchev–Trinajstić information content (AvgIpc) is 2.26. The van der Waals surface area contributed by atoms with Gasteiger partial charge in [-0.1, -0.05) is 39.0 Å². The maximum Gasteiger partial charge on any atom is 0.225 e. The molecule has 106 valence electrons. The first-order valence-corrected chi connectivity index (χ1v) is 8.02. The molecule has 0 unspecified atom stereocenters. The summed E-state index contributed by atoms with van der Waals surface area (Å²) in [6.07, 6.45) is 1.17. The van der Waals surface area contributed by atoms with Crippen LogP contribution in [0.25, 0.3) is 0 Å². The molecule has 0 heterocycles. The number of hydrogen-bond donors (Lipinski definition) is 1. The van der Waals surface area contributed by atoms with Crippen LogP contribution in [0.1, 0.15) is 39.3 Å². The molecule has 1 atom stereocenters. The fraction of sp³-hybridized carbons (Fsp3) is 0.500. The van der Waals surface area contributed by atoms with Gasteiger partial charge in [0, 0.05) is 11.7 Å². The van der Waals surface area contributed by atoms with Gasteiger partial charge in [-0.3, -0.25) is 4.79 Å². The molecule has 0 saturated heterocycles. The van der Waals surface area contributed by atoms with Crippen LogP contribution in [0.2, 0.25) is 0 Å². The molecule has 1 amide bonds. The number of carbonyl (C=O) groups excluding carboxylic acids is 1. The Morgan fingerprint density at radius 1 is 1.21 bits per heavy atom. The number of rotatable bonds is 3. The van der Waals surface area contributed by atoms with Crippen molar-refractivity contribution in [3.05, 3.63) is 29.8 Å². The molecule has 1 N–H and O–H groups in total. The van der Waals surface area contributed by atoms with Crippen LogP contribution in [-0.4, -0.2) is 20.6 Å². The Bertz CT molecular complexity index is 571. The predicted octanol–water partition coefficient (Wildman–Crippen LogP) is 2.31. The molecule has 0 aliphatic carbocycles. The van der Waals surface area contributed by atoms with Gasteiger partial charge >= 0.3 is 0 Å². The minimum Gasteiger partial charge on any atom is -0.349 e. The third-order valence-electron chi connectivity index (χ3n) is 2.81. The molecule has 0 aromatic heterocycles. The zero-order chi connectivity index (χ0) is 14.8. The minimum atomic E-state index is -3.30. The fourth-order valence-corrected chi connectivity index (χ4v) is 2.67. The molecule has 0 aliphatic heterocycles. The van der Waals surface area contributed by atoms with Gasteiger partial charge < -0.3 is 5.32 Å². The van der Waals surface area contributed by atoms with E-state index in [0.29, 0.717) is 5.56 Å². The highest BCUT2D eigenvalue weighted by atomic mass is 32.2. The largest absolute Gasteiger partial charge is 0.349 e. The number of carbonyl (C=O) groups is 1. The average molecular weight is 283 g/mol. The lowest BCUT2D eigenvalue weighted by Gasteiger charge is -2.23. The highest BCUT2D eigenvalue weighted by Gasteiger charge is 2.25. The van der Waals surface area contributed by atoms with Gasteiger partial charge in [0.15, 0.2) is 9.84 Å². The molecule has 0 fully saturated rings. The maximum absolute atomic E-state index is 11.9. The third kappa shape index (κ3) is 4.06. The summed E-state index contributed by atoms with van der Waals surface area (Å²) in [4.78, 5) is 12.2. The van der Waals surface area contributed by atoms with Crippen LogP contribution < -0.4 is 5.32 Å². The maximum atomic E-state index is 11.9. The van der Waals surface area contributed by atoms with Crippen molar-refractivity contribution in [1.82, 2.24) is 5.32 Å². The standard InChI is InChI=1S/C14H21NO3S/c1-10(15-13(16)14(2,3)4)11-8-6-7-9-12(11)19(5,17)18/h6-10H,1-5H3,(H,15,16)/t10-/m1/s1. The van der Waals surface area contributed by atoms with E-state index in [1.807, 2.05) is 20.8 Å². The quantitative estimate of drug-likeness (QED) is 0.926. The van der Waals surface area contributed by atoms with Crippen molar-refractivity contribution in [2.24, 2.45) is 5.41 Å². The molecule has 0 spiro atoms. The van der Waals surface area contributed by atoms with Crippen LogP contribution in [0.5, 0.6) is 0 Å². The summed E-state index contributed by atoms with van der Waals surface area (Å²) < 4.78 is 23.5. The van der Waals surface area contributed by atoms with Crippen molar-refractivity contribution in [2.75, 3.05) is 6.26 Å². The summed E-state index contributed by atoms with van der Waals surface area (Å²) in [7, 11) is -3.30. The highest BCUT2D eigenvalue weighted by molar-refractivity contribution is 7.90. The summed E-state index contributed by atoms with van der Waals surface area (Å²) >= 11 is 0. The van der Waals surface area contributed by atoms with Crippen LogP contribution >= 0.6 is 0 Å². The van der Waals surface area contributed by atoms with Crippen LogP contribution in [0.15, 0.2) is 29.2 Å². The lowest BCUT2D eigenvalue weighted by Crippen LogP contribution is -2.36. The second-order valence-corrected chi connectivity index (χ2v) is 7.74. The summed E-state index contributed by atoms with van der Waals surface area (Å²) in [6, 6.07) is 6.38. The van der Waals surface area contributed by atoms with E-state index >= 15 is 0 Å². The second kappa shape index (κ2) is 5.33. The topological polar surface area (TPSA) is 63.2 Å². The Kier molecular flexibility index (Phi) is 4.40. The van der Waals surface area contributed by atoms with E-state index < -0.39 is 15.3 Å². The first-order chi connectivity index (χ1) is 8.53. The van der Waals surface area contributed by atoms with Gasteiger partial charge in [0.05, 0.1) is 10.9 Å². The number of amides is 1. The van der Waals surface area contributed by atoms with Crippen molar-refractivity contribution in [3.8, 4) is 0 Å². The molecule has 0 saturated carbocycles. The SMILES string of the molecule is C[C@@H](NC(=O)C(C)(C)C)c1ccccc1S(C)(=O)=O. The summed E-state index contributed by atoms with van der Waals surface area (Å²) in [5.74, 6) is -0.108. The zero-order valence-corrected chi connectivity index (χ0v) is 12.8. The molecule has 0 radical (unpaired) electrons. The zero-order valence-electron chi connectivity index (χ0n) is 12.0. The summed E-state index contributed by atoms with van der Waals surface area (Å²) in [5, 5.41) is 2.85. The molecule has 0 aliphatic rings. The van der Waals surface area contributed by atoms with Crippen LogP contribution in [0.4, 0.5) is 0 Å². The fourth-order valence-electron chi connectivity index (χ4n) is 1.67. The Balaban J connectivity index is 3.08. The molecular weight excluding hydrogens is 262 g/mol. The van der Waals surface area contributed by atoms with Crippen molar-refractivity contribution in [1.29, 1.82) is 0 Å². The van der Waals surface area contributed by atoms with Crippen molar-refractivity contribution < 1.29 is 13.2 Å². The third-order valence-corrected chi connectivity index (χ3v) is 3.98. The van der Waals surface area contributed by atoms with E-state index in [0.717, 1.165) is 0 Å². The minimum absolute atomic E-state index is 0.108. The van der Waals surface area contributed by atoms with Gasteiger partial charge in [-0.05, 0) is 18.6 Å². The lowest BCUT2D eigenvalue weighted by atomic mass is 9.94. The van der Waals surface area contributed by atoms with E-state index in [1.165, 1.54) is 6.26 Å². The second-order valence-electron chi connectivity index (χ2n) is 5.76. The van der Waals surface area contributed by atoms with Crippen molar-refractivity contribution in [2.45, 2.75) is 38.6 Å². The molecule has 1 aromatic rings. The Morgan fingerprint density at radius 3 is 2.21 bits per heavy atom. The highest BCUT2D eigenvalue weighted by Crippen LogP contribution is 2.23. The molecule has 0 bridgehead atoms. The molecule has 1 rings (SSSR count). The molecule has 5 heteroatoms. The molecular formula is C14H21NO3S. The van der Waals surface area contributed by atoms with Crippen LogP contribution in [-0.2, 0) is 14.6 Å². The van der Waals surface area contributed by atoms with Crippen molar-refractivity contribution in [3.63, 3.8) is 0 Å². The van der Waals surface area contributed by atoms with Gasteiger partial charge in [0.1, 0.15) is 0 Å². The number of hydrogen-bond acceptors (Lipinski definition) is 3. The Hall–Kier alpha value is -1.36. The number of benzene rings is 1. The van der Waals surface area contributed by atoms with E-state index in [2.05, 4.69) is 5.32 Å². The normalized spacial score (nSPS) is 13.9. The number of sulfone groups is 1. The van der Waals surface area contributed by atoms with Crippen molar-refractivity contribution >= 4 is 15.7 Å². The van der Waals surface area contributed by atoms with Gasteiger partial charge in [-0.2, -0.15) is 0 Å². The van der Waals surface area contributed by atoms with Gasteiger partial charge in [0.2, 0.25) is 5.91 Å². The molecule has 4 nitrogen and oxygen atoms in total. The predicted molar refractivity (Wildman–Crippen MR) is 75.6 cm³/mol. The Labute approximate surface area is 115 Å². The lowest BCUT2D eigenvalue weighted by molar-refractivity contribution is -0.129. The summed E-state index contributed by atoms with van der Waals surface area (Å²) in [6.45, 7) is 7.24. The van der Waals surface area contributed by atoms with Gasteiger partial charge in [-0.25, -0.2) is 8.42 Å². The van der Waals surface area contributed by atoms with E-state index in [4.69, 9.17) is 0 Å². The van der Waals surface area contributed by atoms with E-state index in [9.17, 15) is 13.2 Å².